The Morgan fingerprint density at radius 1 is 1.20 bits per heavy atom. The largest absolute Gasteiger partial charge is 0.354 e. The van der Waals surface area contributed by atoms with E-state index in [1.165, 1.54) is 12.8 Å². The van der Waals surface area contributed by atoms with E-state index in [4.69, 9.17) is 0 Å². The fourth-order valence-electron chi connectivity index (χ4n) is 2.83. The molecule has 0 bridgehead atoms. The number of aromatic nitrogens is 1. The lowest BCUT2D eigenvalue weighted by molar-refractivity contribution is 0.176. The molecule has 1 fully saturated rings. The van der Waals surface area contributed by atoms with Gasteiger partial charge < -0.3 is 10.2 Å². The molecule has 0 aliphatic carbocycles. The molecule has 1 atom stereocenters. The minimum absolute atomic E-state index is 0.674. The van der Waals surface area contributed by atoms with Crippen molar-refractivity contribution in [1.82, 2.24) is 15.2 Å². The lowest BCUT2D eigenvalue weighted by Gasteiger charge is -2.39. The number of nitrogens with zero attached hydrogens (tertiary/aromatic N) is 3. The highest BCUT2D eigenvalue weighted by atomic mass is 15.3. The first kappa shape index (κ1) is 15.3. The molecular formula is C16H28N4. The van der Waals surface area contributed by atoms with Gasteiger partial charge in [0, 0.05) is 45.0 Å². The van der Waals surface area contributed by atoms with Crippen LogP contribution in [0.25, 0.3) is 0 Å². The van der Waals surface area contributed by atoms with Crippen LogP contribution < -0.4 is 10.2 Å². The molecule has 0 aromatic carbocycles. The highest BCUT2D eigenvalue weighted by Crippen LogP contribution is 2.14. The fraction of sp³-hybridized carbons (Fsp3) is 0.688. The molecule has 0 amide bonds. The topological polar surface area (TPSA) is 31.4 Å². The van der Waals surface area contributed by atoms with Gasteiger partial charge in [-0.2, -0.15) is 0 Å². The van der Waals surface area contributed by atoms with Crippen LogP contribution in [0, 0.1) is 0 Å². The van der Waals surface area contributed by atoms with Crippen LogP contribution in [0.3, 0.4) is 0 Å². The third-order valence-electron chi connectivity index (χ3n) is 4.08. The van der Waals surface area contributed by atoms with Gasteiger partial charge in [-0.15, -0.1) is 0 Å². The van der Waals surface area contributed by atoms with E-state index in [-0.39, 0.29) is 0 Å². The van der Waals surface area contributed by atoms with Crippen molar-refractivity contribution < 1.29 is 0 Å². The number of anilines is 1. The first-order valence-corrected chi connectivity index (χ1v) is 7.96. The smallest absolute Gasteiger partial charge is 0.128 e. The van der Waals surface area contributed by atoms with Crippen molar-refractivity contribution in [2.75, 3.05) is 44.2 Å². The van der Waals surface area contributed by atoms with E-state index in [0.717, 1.165) is 45.1 Å². The molecule has 0 radical (unpaired) electrons. The number of pyridine rings is 1. The van der Waals surface area contributed by atoms with Crippen LogP contribution in [0.1, 0.15) is 26.7 Å². The Hall–Kier alpha value is -1.13. The van der Waals surface area contributed by atoms with E-state index in [1.807, 2.05) is 12.3 Å². The Kier molecular flexibility index (Phi) is 6.27. The van der Waals surface area contributed by atoms with E-state index in [9.17, 15) is 0 Å². The van der Waals surface area contributed by atoms with Crippen molar-refractivity contribution in [1.29, 1.82) is 0 Å². The van der Waals surface area contributed by atoms with Gasteiger partial charge in [0.15, 0.2) is 0 Å². The van der Waals surface area contributed by atoms with Crippen molar-refractivity contribution in [3.05, 3.63) is 24.4 Å². The molecule has 1 unspecified atom stereocenters. The Labute approximate surface area is 123 Å². The number of piperazine rings is 1. The monoisotopic (exact) mass is 276 g/mol. The summed E-state index contributed by atoms with van der Waals surface area (Å²) in [6.07, 6.45) is 4.31. The maximum atomic E-state index is 4.45. The molecule has 1 aliphatic rings. The molecule has 2 heterocycles. The maximum absolute atomic E-state index is 4.45. The average molecular weight is 276 g/mol. The maximum Gasteiger partial charge on any atom is 0.128 e. The summed E-state index contributed by atoms with van der Waals surface area (Å²) in [5, 5.41) is 3.56. The molecule has 1 aromatic heterocycles. The SMILES string of the molecule is CCCNCC(CC)N1CCN(c2ccccn2)CC1. The third-order valence-corrected chi connectivity index (χ3v) is 4.08. The Morgan fingerprint density at radius 3 is 2.60 bits per heavy atom. The highest BCUT2D eigenvalue weighted by Gasteiger charge is 2.22. The number of hydrogen-bond acceptors (Lipinski definition) is 4. The lowest BCUT2D eigenvalue weighted by atomic mass is 10.1. The van der Waals surface area contributed by atoms with Crippen molar-refractivity contribution in [3.8, 4) is 0 Å². The molecule has 1 N–H and O–H groups in total. The second kappa shape index (κ2) is 8.22. The van der Waals surface area contributed by atoms with Crippen LogP contribution in [0.15, 0.2) is 24.4 Å². The van der Waals surface area contributed by atoms with Crippen molar-refractivity contribution in [3.63, 3.8) is 0 Å². The van der Waals surface area contributed by atoms with Gasteiger partial charge in [0.2, 0.25) is 0 Å². The summed E-state index contributed by atoms with van der Waals surface area (Å²) in [7, 11) is 0. The number of nitrogens with one attached hydrogen (secondary N) is 1. The minimum atomic E-state index is 0.674. The van der Waals surface area contributed by atoms with Crippen LogP contribution in [-0.2, 0) is 0 Å². The fourth-order valence-corrected chi connectivity index (χ4v) is 2.83. The summed E-state index contributed by atoms with van der Waals surface area (Å²) in [5.74, 6) is 1.12. The third kappa shape index (κ3) is 4.18. The molecule has 0 spiro atoms. The van der Waals surface area contributed by atoms with Crippen molar-refractivity contribution in [2.24, 2.45) is 0 Å². The van der Waals surface area contributed by atoms with Crippen LogP contribution in [-0.4, -0.2) is 55.2 Å². The zero-order valence-corrected chi connectivity index (χ0v) is 12.9. The molecule has 0 saturated carbocycles. The predicted molar refractivity (Wildman–Crippen MR) is 85.3 cm³/mol. The van der Waals surface area contributed by atoms with Crippen molar-refractivity contribution >= 4 is 5.82 Å². The molecule has 112 valence electrons. The second-order valence-corrected chi connectivity index (χ2v) is 5.48. The summed E-state index contributed by atoms with van der Waals surface area (Å²) in [6, 6.07) is 6.83. The van der Waals surface area contributed by atoms with E-state index in [1.54, 1.807) is 0 Å². The minimum Gasteiger partial charge on any atom is -0.354 e. The van der Waals surface area contributed by atoms with Gasteiger partial charge in [0.05, 0.1) is 0 Å². The second-order valence-electron chi connectivity index (χ2n) is 5.48. The first-order valence-electron chi connectivity index (χ1n) is 7.96. The molecule has 2 rings (SSSR count). The molecule has 20 heavy (non-hydrogen) atoms. The Balaban J connectivity index is 1.80. The van der Waals surface area contributed by atoms with E-state index in [2.05, 4.69) is 46.1 Å². The molecule has 1 aromatic rings. The zero-order chi connectivity index (χ0) is 14.2. The van der Waals surface area contributed by atoms with Crippen LogP contribution in [0.2, 0.25) is 0 Å². The van der Waals surface area contributed by atoms with Gasteiger partial charge in [-0.1, -0.05) is 19.9 Å². The van der Waals surface area contributed by atoms with E-state index >= 15 is 0 Å². The van der Waals surface area contributed by atoms with Crippen LogP contribution in [0.4, 0.5) is 5.82 Å². The summed E-state index contributed by atoms with van der Waals surface area (Å²) in [4.78, 5) is 9.47. The average Bonchev–Trinajstić information content (AvgIpc) is 2.53. The molecule has 4 nitrogen and oxygen atoms in total. The lowest BCUT2D eigenvalue weighted by Crippen LogP contribution is -2.53. The van der Waals surface area contributed by atoms with E-state index in [0.29, 0.717) is 6.04 Å². The molecule has 4 heteroatoms. The first-order chi connectivity index (χ1) is 9.85. The highest BCUT2D eigenvalue weighted by molar-refractivity contribution is 5.38. The Morgan fingerprint density at radius 2 is 2.00 bits per heavy atom. The van der Waals surface area contributed by atoms with Crippen molar-refractivity contribution in [2.45, 2.75) is 32.7 Å². The zero-order valence-electron chi connectivity index (χ0n) is 12.9. The summed E-state index contributed by atoms with van der Waals surface area (Å²) < 4.78 is 0. The molecule has 1 aliphatic heterocycles. The van der Waals surface area contributed by atoms with E-state index < -0.39 is 0 Å². The van der Waals surface area contributed by atoms with Crippen LogP contribution >= 0.6 is 0 Å². The van der Waals surface area contributed by atoms with Gasteiger partial charge in [-0.05, 0) is 31.5 Å². The normalized spacial score (nSPS) is 18.2. The molecule has 1 saturated heterocycles. The number of rotatable bonds is 7. The number of hydrogen-bond donors (Lipinski definition) is 1. The quantitative estimate of drug-likeness (QED) is 0.772. The van der Waals surface area contributed by atoms with Gasteiger partial charge in [0.1, 0.15) is 5.82 Å². The predicted octanol–water partition coefficient (Wildman–Crippen LogP) is 1.98. The summed E-state index contributed by atoms with van der Waals surface area (Å²) >= 11 is 0. The van der Waals surface area contributed by atoms with Gasteiger partial charge in [0.25, 0.3) is 0 Å². The standard InChI is InChI=1S/C16H28N4/c1-3-8-17-14-15(4-2)19-10-12-20(13-11-19)16-7-5-6-9-18-16/h5-7,9,15,17H,3-4,8,10-14H2,1-2H3. The van der Waals surface area contributed by atoms with Crippen LogP contribution in [0.5, 0.6) is 0 Å². The Bertz CT molecular complexity index is 360. The van der Waals surface area contributed by atoms with Gasteiger partial charge in [-0.3, -0.25) is 4.90 Å². The summed E-state index contributed by atoms with van der Waals surface area (Å²) in [6.45, 7) is 11.2. The molecular weight excluding hydrogens is 248 g/mol. The van der Waals surface area contributed by atoms with Gasteiger partial charge >= 0.3 is 0 Å². The van der Waals surface area contributed by atoms with Gasteiger partial charge in [-0.25, -0.2) is 4.98 Å². The summed E-state index contributed by atoms with van der Waals surface area (Å²) in [5.41, 5.74) is 0.